The van der Waals surface area contributed by atoms with Crippen LogP contribution in [-0.4, -0.2) is 31.3 Å². The number of thioether (sulfide) groups is 1. The Kier molecular flexibility index (Phi) is 2.78. The normalized spacial score (nSPS) is 10.9. The smallest absolute Gasteiger partial charge is 0.262 e. The third-order valence-corrected chi connectivity index (χ3v) is 3.01. The van der Waals surface area contributed by atoms with E-state index in [0.717, 1.165) is 0 Å². The highest BCUT2D eigenvalue weighted by molar-refractivity contribution is 7.99. The second-order valence-electron chi connectivity index (χ2n) is 3.37. The van der Waals surface area contributed by atoms with Crippen LogP contribution in [0.5, 0.6) is 0 Å². The summed E-state index contributed by atoms with van der Waals surface area (Å²) in [5, 5.41) is 4.85. The van der Waals surface area contributed by atoms with Crippen molar-refractivity contribution >= 4 is 28.6 Å². The van der Waals surface area contributed by atoms with Crippen molar-refractivity contribution in [2.45, 2.75) is 12.1 Å². The Morgan fingerprint density at radius 1 is 1.62 bits per heavy atom. The van der Waals surface area contributed by atoms with Crippen LogP contribution in [0.3, 0.4) is 0 Å². The molecule has 2 aromatic rings. The van der Waals surface area contributed by atoms with Crippen LogP contribution in [0.1, 0.15) is 6.92 Å². The molecule has 0 amide bonds. The Morgan fingerprint density at radius 3 is 3.06 bits per heavy atom. The van der Waals surface area contributed by atoms with Crippen molar-refractivity contribution in [2.75, 3.05) is 5.75 Å². The lowest BCUT2D eigenvalue weighted by atomic mass is 10.4. The van der Waals surface area contributed by atoms with Gasteiger partial charge in [0, 0.05) is 7.05 Å². The predicted molar refractivity (Wildman–Crippen MR) is 60.5 cm³/mol. The molecule has 0 aromatic carbocycles. The Labute approximate surface area is 95.1 Å². The molecule has 6 nitrogen and oxygen atoms in total. The summed E-state index contributed by atoms with van der Waals surface area (Å²) in [6.07, 6.45) is 1.47. The number of carbonyl (C=O) groups excluding carboxylic acids is 1. The van der Waals surface area contributed by atoms with Gasteiger partial charge in [-0.15, -0.1) is 0 Å². The van der Waals surface area contributed by atoms with E-state index in [-0.39, 0.29) is 11.3 Å². The number of Topliss-reactive ketones (excluding diaryl/α,β-unsaturated/α-hetero) is 1. The van der Waals surface area contributed by atoms with Crippen LogP contribution in [0, 0.1) is 0 Å². The van der Waals surface area contributed by atoms with E-state index in [4.69, 9.17) is 0 Å². The molecule has 2 rings (SSSR count). The molecule has 0 radical (unpaired) electrons. The quantitative estimate of drug-likeness (QED) is 0.616. The highest BCUT2D eigenvalue weighted by Gasteiger charge is 2.08. The van der Waals surface area contributed by atoms with Gasteiger partial charge in [0.1, 0.15) is 11.2 Å². The van der Waals surface area contributed by atoms with Crippen LogP contribution < -0.4 is 5.56 Å². The fraction of sp³-hybridized carbons (Fsp3) is 0.333. The molecule has 1 N–H and O–H groups in total. The third-order valence-electron chi connectivity index (χ3n) is 1.99. The van der Waals surface area contributed by atoms with E-state index in [1.807, 2.05) is 0 Å². The van der Waals surface area contributed by atoms with Crippen LogP contribution in [0.25, 0.3) is 11.0 Å². The van der Waals surface area contributed by atoms with Gasteiger partial charge in [-0.25, -0.2) is 4.98 Å². The number of aromatic amines is 1. The van der Waals surface area contributed by atoms with Gasteiger partial charge < -0.3 is 4.98 Å². The molecule has 0 saturated heterocycles. The molecule has 2 aromatic heterocycles. The monoisotopic (exact) mass is 238 g/mol. The van der Waals surface area contributed by atoms with E-state index >= 15 is 0 Å². The van der Waals surface area contributed by atoms with Crippen LogP contribution in [-0.2, 0) is 11.8 Å². The fourth-order valence-corrected chi connectivity index (χ4v) is 1.91. The summed E-state index contributed by atoms with van der Waals surface area (Å²) in [5.41, 5.74) is 0.291. The molecule has 0 aliphatic carbocycles. The number of aromatic nitrogens is 4. The zero-order valence-electron chi connectivity index (χ0n) is 8.85. The number of nitrogens with zero attached hydrogens (tertiary/aromatic N) is 3. The molecular weight excluding hydrogens is 228 g/mol. The van der Waals surface area contributed by atoms with E-state index in [1.165, 1.54) is 29.6 Å². The number of ketones is 1. The van der Waals surface area contributed by atoms with Crippen molar-refractivity contribution in [2.24, 2.45) is 7.05 Å². The predicted octanol–water partition coefficient (Wildman–Crippen LogP) is 0.338. The minimum atomic E-state index is -0.232. The summed E-state index contributed by atoms with van der Waals surface area (Å²) in [6, 6.07) is 0. The van der Waals surface area contributed by atoms with Gasteiger partial charge >= 0.3 is 0 Å². The lowest BCUT2D eigenvalue weighted by molar-refractivity contribution is -0.114. The van der Waals surface area contributed by atoms with E-state index in [1.54, 1.807) is 7.05 Å². The zero-order chi connectivity index (χ0) is 11.7. The molecular formula is C9H10N4O2S. The maximum atomic E-state index is 11.6. The lowest BCUT2D eigenvalue weighted by Gasteiger charge is -1.99. The molecule has 84 valence electrons. The molecule has 0 unspecified atom stereocenters. The van der Waals surface area contributed by atoms with Gasteiger partial charge in [-0.05, 0) is 6.92 Å². The third kappa shape index (κ3) is 1.99. The highest BCUT2D eigenvalue weighted by Crippen LogP contribution is 2.13. The molecule has 0 bridgehead atoms. The first kappa shape index (κ1) is 10.9. The van der Waals surface area contributed by atoms with Crippen LogP contribution >= 0.6 is 11.8 Å². The SMILES string of the molecule is CC(=O)CSc1nc2c(cnn2C)c(=O)[nH]1. The minimum Gasteiger partial charge on any atom is -0.301 e. The summed E-state index contributed by atoms with van der Waals surface area (Å²) >= 11 is 1.21. The number of rotatable bonds is 3. The minimum absolute atomic E-state index is 0.0396. The topological polar surface area (TPSA) is 80.6 Å². The van der Waals surface area contributed by atoms with E-state index in [2.05, 4.69) is 15.1 Å². The van der Waals surface area contributed by atoms with Gasteiger partial charge in [0.25, 0.3) is 5.56 Å². The molecule has 0 spiro atoms. The number of H-pyrrole nitrogens is 1. The highest BCUT2D eigenvalue weighted by atomic mass is 32.2. The van der Waals surface area contributed by atoms with Crippen LogP contribution in [0.4, 0.5) is 0 Å². The zero-order valence-corrected chi connectivity index (χ0v) is 9.67. The standard InChI is InChI=1S/C9H10N4O2S/c1-5(14)4-16-9-11-7-6(8(15)12-9)3-10-13(7)2/h3H,4H2,1-2H3,(H,11,12,15). The number of carbonyl (C=O) groups is 1. The molecule has 0 atom stereocenters. The number of hydrogen-bond acceptors (Lipinski definition) is 5. The average Bonchev–Trinajstić information content (AvgIpc) is 2.58. The summed E-state index contributed by atoms with van der Waals surface area (Å²) < 4.78 is 1.53. The first-order valence-corrected chi connectivity index (χ1v) is 5.61. The molecule has 0 fully saturated rings. The van der Waals surface area contributed by atoms with Gasteiger partial charge in [-0.1, -0.05) is 11.8 Å². The Bertz CT molecular complexity index is 601. The molecule has 0 aliphatic rings. The van der Waals surface area contributed by atoms with Crippen molar-refractivity contribution in [1.29, 1.82) is 0 Å². The summed E-state index contributed by atoms with van der Waals surface area (Å²) in [4.78, 5) is 29.3. The van der Waals surface area contributed by atoms with Crippen molar-refractivity contribution in [1.82, 2.24) is 19.7 Å². The number of nitrogens with one attached hydrogen (secondary N) is 1. The summed E-state index contributed by atoms with van der Waals surface area (Å²) in [6.45, 7) is 1.49. The van der Waals surface area contributed by atoms with Gasteiger partial charge in [0.15, 0.2) is 10.8 Å². The molecule has 0 saturated carbocycles. The van der Waals surface area contributed by atoms with E-state index in [0.29, 0.717) is 21.9 Å². The second-order valence-corrected chi connectivity index (χ2v) is 4.33. The molecule has 0 aliphatic heterocycles. The van der Waals surface area contributed by atoms with Crippen LogP contribution in [0.15, 0.2) is 16.1 Å². The van der Waals surface area contributed by atoms with Crippen molar-refractivity contribution in [3.05, 3.63) is 16.6 Å². The second kappa shape index (κ2) is 4.09. The molecule has 7 heteroatoms. The largest absolute Gasteiger partial charge is 0.301 e. The molecule has 16 heavy (non-hydrogen) atoms. The fourth-order valence-electron chi connectivity index (χ4n) is 1.25. The Balaban J connectivity index is 2.44. The lowest BCUT2D eigenvalue weighted by Crippen LogP contribution is -2.10. The summed E-state index contributed by atoms with van der Waals surface area (Å²) in [7, 11) is 1.72. The maximum absolute atomic E-state index is 11.6. The first-order valence-electron chi connectivity index (χ1n) is 4.62. The van der Waals surface area contributed by atoms with Crippen molar-refractivity contribution < 1.29 is 4.79 Å². The van der Waals surface area contributed by atoms with Gasteiger partial charge in [0.2, 0.25) is 0 Å². The van der Waals surface area contributed by atoms with Crippen molar-refractivity contribution in [3.63, 3.8) is 0 Å². The molecule has 2 heterocycles. The van der Waals surface area contributed by atoms with Gasteiger partial charge in [-0.2, -0.15) is 5.10 Å². The average molecular weight is 238 g/mol. The van der Waals surface area contributed by atoms with Crippen LogP contribution in [0.2, 0.25) is 0 Å². The summed E-state index contributed by atoms with van der Waals surface area (Å²) in [5.74, 6) is 0.338. The number of fused-ring (bicyclic) bond motifs is 1. The number of aryl methyl sites for hydroxylation is 1. The first-order chi connectivity index (χ1) is 7.58. The van der Waals surface area contributed by atoms with E-state index in [9.17, 15) is 9.59 Å². The number of hydrogen-bond donors (Lipinski definition) is 1. The van der Waals surface area contributed by atoms with E-state index < -0.39 is 0 Å². The van der Waals surface area contributed by atoms with Gasteiger partial charge in [0.05, 0.1) is 11.9 Å². The maximum Gasteiger partial charge on any atom is 0.262 e. The van der Waals surface area contributed by atoms with Crippen molar-refractivity contribution in [3.8, 4) is 0 Å². The Hall–Kier alpha value is -1.63. The van der Waals surface area contributed by atoms with Gasteiger partial charge in [-0.3, -0.25) is 14.3 Å². The Morgan fingerprint density at radius 2 is 2.38 bits per heavy atom.